The van der Waals surface area contributed by atoms with Crippen molar-refractivity contribution in [3.63, 3.8) is 0 Å². The van der Waals surface area contributed by atoms with E-state index in [0.717, 1.165) is 31.7 Å². The molecule has 0 aliphatic heterocycles. The maximum absolute atomic E-state index is 12.7. The van der Waals surface area contributed by atoms with Gasteiger partial charge < -0.3 is 10.2 Å². The first-order chi connectivity index (χ1) is 11.7. The molecule has 4 nitrogen and oxygen atoms in total. The number of pyridine rings is 1. The zero-order valence-electron chi connectivity index (χ0n) is 14.8. The highest BCUT2D eigenvalue weighted by atomic mass is 16.2. The molecule has 0 aliphatic carbocycles. The number of rotatable bonds is 8. The molecule has 1 heterocycles. The summed E-state index contributed by atoms with van der Waals surface area (Å²) in [7, 11) is 0. The fourth-order valence-electron chi connectivity index (χ4n) is 2.73. The fourth-order valence-corrected chi connectivity index (χ4v) is 2.73. The van der Waals surface area contributed by atoms with Crippen molar-refractivity contribution in [2.24, 2.45) is 0 Å². The number of benzene rings is 1. The van der Waals surface area contributed by atoms with Gasteiger partial charge in [-0.25, -0.2) is 4.98 Å². The molecule has 0 fully saturated rings. The molecule has 1 amide bonds. The maximum Gasteiger partial charge on any atom is 0.254 e. The van der Waals surface area contributed by atoms with Gasteiger partial charge in [0, 0.05) is 30.9 Å². The van der Waals surface area contributed by atoms with Crippen LogP contribution in [0.25, 0.3) is 0 Å². The van der Waals surface area contributed by atoms with Crippen LogP contribution in [0.2, 0.25) is 0 Å². The van der Waals surface area contributed by atoms with Gasteiger partial charge in [-0.05, 0) is 37.5 Å². The summed E-state index contributed by atoms with van der Waals surface area (Å²) in [5.41, 5.74) is 1.88. The second-order valence-electron chi connectivity index (χ2n) is 6.00. The Balaban J connectivity index is 2.11. The van der Waals surface area contributed by atoms with Crippen LogP contribution in [0.1, 0.15) is 55.6 Å². The Morgan fingerprint density at radius 2 is 1.79 bits per heavy atom. The first-order valence-electron chi connectivity index (χ1n) is 8.72. The molecule has 0 bridgehead atoms. The minimum absolute atomic E-state index is 0.0801. The average molecular weight is 325 g/mol. The van der Waals surface area contributed by atoms with Gasteiger partial charge in [-0.2, -0.15) is 0 Å². The van der Waals surface area contributed by atoms with E-state index in [1.165, 1.54) is 5.56 Å². The van der Waals surface area contributed by atoms with Crippen LogP contribution in [0.5, 0.6) is 0 Å². The largest absolute Gasteiger partial charge is 0.364 e. The second-order valence-corrected chi connectivity index (χ2v) is 6.00. The van der Waals surface area contributed by atoms with Gasteiger partial charge in [0.2, 0.25) is 0 Å². The molecule has 0 radical (unpaired) electrons. The monoisotopic (exact) mass is 325 g/mol. The van der Waals surface area contributed by atoms with Crippen LogP contribution in [-0.2, 0) is 0 Å². The third-order valence-electron chi connectivity index (χ3n) is 3.95. The molecule has 2 aromatic rings. The molecule has 1 N–H and O–H groups in total. The van der Waals surface area contributed by atoms with E-state index < -0.39 is 0 Å². The van der Waals surface area contributed by atoms with Crippen LogP contribution in [0.4, 0.5) is 5.82 Å². The minimum atomic E-state index is 0.0801. The molecular weight excluding hydrogens is 298 g/mol. The number of carbonyl (C=O) groups excluding carboxylic acids is 1. The number of nitrogens with zero attached hydrogens (tertiary/aromatic N) is 2. The summed E-state index contributed by atoms with van der Waals surface area (Å²) in [6, 6.07) is 14.0. The van der Waals surface area contributed by atoms with Gasteiger partial charge >= 0.3 is 0 Å². The van der Waals surface area contributed by atoms with Crippen molar-refractivity contribution >= 4 is 11.7 Å². The molecule has 0 saturated heterocycles. The van der Waals surface area contributed by atoms with Gasteiger partial charge in [0.05, 0.1) is 0 Å². The standard InChI is InChI=1S/C20H27N3O/c1-4-13-23(14-5-2)20(24)18-11-12-21-19(15-18)22-16(3)17-9-7-6-8-10-17/h6-12,15-16H,4-5,13-14H2,1-3H3,(H,21,22). The Hall–Kier alpha value is -2.36. The van der Waals surface area contributed by atoms with Crippen LogP contribution < -0.4 is 5.32 Å². The Kier molecular flexibility index (Phi) is 6.79. The predicted octanol–water partition coefficient (Wildman–Crippen LogP) is 4.52. The molecule has 128 valence electrons. The summed E-state index contributed by atoms with van der Waals surface area (Å²) < 4.78 is 0. The van der Waals surface area contributed by atoms with Crippen LogP contribution in [0.15, 0.2) is 48.7 Å². The van der Waals surface area contributed by atoms with Crippen molar-refractivity contribution in [1.29, 1.82) is 0 Å². The lowest BCUT2D eigenvalue weighted by molar-refractivity contribution is 0.0755. The molecule has 24 heavy (non-hydrogen) atoms. The smallest absolute Gasteiger partial charge is 0.254 e. The second kappa shape index (κ2) is 9.06. The Morgan fingerprint density at radius 1 is 1.12 bits per heavy atom. The summed E-state index contributed by atoms with van der Waals surface area (Å²) in [5, 5.41) is 3.37. The normalized spacial score (nSPS) is 11.8. The van der Waals surface area contributed by atoms with E-state index in [1.807, 2.05) is 29.2 Å². The number of hydrogen-bond acceptors (Lipinski definition) is 3. The molecule has 1 atom stereocenters. The molecule has 1 unspecified atom stereocenters. The van der Waals surface area contributed by atoms with Crippen molar-refractivity contribution in [2.75, 3.05) is 18.4 Å². The van der Waals surface area contributed by atoms with E-state index in [-0.39, 0.29) is 11.9 Å². The Morgan fingerprint density at radius 3 is 2.42 bits per heavy atom. The van der Waals surface area contributed by atoms with Crippen LogP contribution in [-0.4, -0.2) is 28.9 Å². The summed E-state index contributed by atoms with van der Waals surface area (Å²) in [6.07, 6.45) is 3.63. The molecule has 1 aromatic heterocycles. The van der Waals surface area contributed by atoms with Crippen LogP contribution >= 0.6 is 0 Å². The van der Waals surface area contributed by atoms with E-state index >= 15 is 0 Å². The van der Waals surface area contributed by atoms with Crippen molar-refractivity contribution < 1.29 is 4.79 Å². The summed E-state index contributed by atoms with van der Waals surface area (Å²) in [6.45, 7) is 7.86. The molecule has 1 aromatic carbocycles. The molecule has 0 saturated carbocycles. The number of amides is 1. The van der Waals surface area contributed by atoms with Gasteiger partial charge in [-0.1, -0.05) is 44.2 Å². The number of nitrogens with one attached hydrogen (secondary N) is 1. The maximum atomic E-state index is 12.7. The highest BCUT2D eigenvalue weighted by Crippen LogP contribution is 2.18. The lowest BCUT2D eigenvalue weighted by atomic mass is 10.1. The van der Waals surface area contributed by atoms with Gasteiger partial charge in [0.1, 0.15) is 5.82 Å². The predicted molar refractivity (Wildman–Crippen MR) is 99.2 cm³/mol. The number of anilines is 1. The van der Waals surface area contributed by atoms with Crippen LogP contribution in [0.3, 0.4) is 0 Å². The van der Waals surface area contributed by atoms with Gasteiger partial charge in [0.25, 0.3) is 5.91 Å². The summed E-state index contributed by atoms with van der Waals surface area (Å²) >= 11 is 0. The van der Waals surface area contributed by atoms with Gasteiger partial charge in [-0.15, -0.1) is 0 Å². The summed E-state index contributed by atoms with van der Waals surface area (Å²) in [5.74, 6) is 0.807. The lowest BCUT2D eigenvalue weighted by Gasteiger charge is -2.22. The SMILES string of the molecule is CCCN(CCC)C(=O)c1ccnc(NC(C)c2ccccc2)c1. The lowest BCUT2D eigenvalue weighted by Crippen LogP contribution is -2.32. The van der Waals surface area contributed by atoms with Gasteiger partial charge in [-0.3, -0.25) is 4.79 Å². The average Bonchev–Trinajstić information content (AvgIpc) is 2.62. The van der Waals surface area contributed by atoms with E-state index in [9.17, 15) is 4.79 Å². The van der Waals surface area contributed by atoms with E-state index in [1.54, 1.807) is 12.3 Å². The number of hydrogen-bond donors (Lipinski definition) is 1. The zero-order valence-corrected chi connectivity index (χ0v) is 14.8. The van der Waals surface area contributed by atoms with Crippen molar-refractivity contribution in [2.45, 2.75) is 39.7 Å². The molecular formula is C20H27N3O. The van der Waals surface area contributed by atoms with E-state index in [2.05, 4.69) is 43.2 Å². The fraction of sp³-hybridized carbons (Fsp3) is 0.400. The van der Waals surface area contributed by atoms with Gasteiger partial charge in [0.15, 0.2) is 0 Å². The number of carbonyl (C=O) groups is 1. The molecule has 0 spiro atoms. The summed E-state index contributed by atoms with van der Waals surface area (Å²) in [4.78, 5) is 19.0. The van der Waals surface area contributed by atoms with Crippen molar-refractivity contribution in [3.05, 3.63) is 59.8 Å². The first kappa shape index (κ1) is 18.0. The van der Waals surface area contributed by atoms with E-state index in [4.69, 9.17) is 0 Å². The third kappa shape index (κ3) is 4.82. The highest BCUT2D eigenvalue weighted by Gasteiger charge is 2.15. The highest BCUT2D eigenvalue weighted by molar-refractivity contribution is 5.94. The molecule has 0 aliphatic rings. The zero-order chi connectivity index (χ0) is 17.4. The molecule has 4 heteroatoms. The third-order valence-corrected chi connectivity index (χ3v) is 3.95. The van der Waals surface area contributed by atoms with Crippen molar-refractivity contribution in [3.8, 4) is 0 Å². The Labute approximate surface area is 144 Å². The van der Waals surface area contributed by atoms with Crippen LogP contribution in [0, 0.1) is 0 Å². The first-order valence-corrected chi connectivity index (χ1v) is 8.72. The quantitative estimate of drug-likeness (QED) is 0.776. The van der Waals surface area contributed by atoms with Crippen molar-refractivity contribution in [1.82, 2.24) is 9.88 Å². The number of aromatic nitrogens is 1. The van der Waals surface area contributed by atoms with E-state index in [0.29, 0.717) is 5.56 Å². The Bertz CT molecular complexity index is 636. The minimum Gasteiger partial charge on any atom is -0.364 e. The molecule has 2 rings (SSSR count). The topological polar surface area (TPSA) is 45.2 Å².